The summed E-state index contributed by atoms with van der Waals surface area (Å²) in [5.41, 5.74) is 0. The summed E-state index contributed by atoms with van der Waals surface area (Å²) in [4.78, 5) is 38.2. The van der Waals surface area contributed by atoms with Gasteiger partial charge in [-0.2, -0.15) is 0 Å². The molecule has 1 unspecified atom stereocenters. The minimum atomic E-state index is -0.820. The predicted octanol–water partition coefficient (Wildman–Crippen LogP) is 19.5. The molecule has 0 aliphatic heterocycles. The average molecular weight is 972 g/mol. The topological polar surface area (TPSA) is 78.9 Å². The van der Waals surface area contributed by atoms with Crippen LogP contribution in [0.3, 0.4) is 0 Å². The highest BCUT2D eigenvalue weighted by Crippen LogP contribution is 2.14. The molecule has 0 aliphatic rings. The van der Waals surface area contributed by atoms with Gasteiger partial charge >= 0.3 is 17.9 Å². The molecular weight excluding hydrogens is 865 g/mol. The normalized spacial score (nSPS) is 12.9. The molecule has 0 rings (SSSR count). The molecule has 0 aromatic heterocycles. The third-order valence-corrected chi connectivity index (χ3v) is 12.0. The van der Waals surface area contributed by atoms with Gasteiger partial charge in [0.1, 0.15) is 13.2 Å². The minimum Gasteiger partial charge on any atom is -0.462 e. The second kappa shape index (κ2) is 57.6. The smallest absolute Gasteiger partial charge is 0.306 e. The first-order valence-electron chi connectivity index (χ1n) is 28.9. The van der Waals surface area contributed by atoms with E-state index in [4.69, 9.17) is 14.2 Å². The SMILES string of the molecule is CC/C=C\C/C=C\C/C=C\C/C=C\C/C=C\CCCC(=O)OC(COC(=O)CCCCCCC/C=C\C=C/CCCCCCCCC)COC(=O)CCCCCCCCC/C=C\C/C=C\CCCCC. The molecule has 0 fully saturated rings. The number of rotatable bonds is 51. The average Bonchev–Trinajstić information content (AvgIpc) is 3.36. The summed E-state index contributed by atoms with van der Waals surface area (Å²) in [6, 6.07) is 0. The van der Waals surface area contributed by atoms with Gasteiger partial charge in [-0.3, -0.25) is 14.4 Å². The Bertz CT molecular complexity index is 1440. The zero-order chi connectivity index (χ0) is 50.7. The standard InChI is InChI=1S/C64H106O6/c1-4-7-10-13-16-19-22-25-28-31-34-36-39-42-45-48-51-54-57-63(66)69-60-61(70-64(67)58-55-52-49-46-43-40-37-33-30-27-24-21-18-15-12-9-6-3)59-68-62(65)56-53-50-47-44-41-38-35-32-29-26-23-20-17-14-11-8-5-2/h9,12,17-18,20-21,26-31,34,36-37,40,46,49,61H,4-8,10-11,13-16,19,22-25,32-33,35,38-39,41-45,47-48,50-60H2,1-3H3/b12-9-,20-17-,21-18-,29-26-,30-27-,31-28-,36-34-,40-37-,49-46-. The van der Waals surface area contributed by atoms with E-state index in [1.54, 1.807) is 0 Å². The molecule has 0 amide bonds. The van der Waals surface area contributed by atoms with Crippen molar-refractivity contribution < 1.29 is 28.6 Å². The summed E-state index contributed by atoms with van der Waals surface area (Å²) in [6.07, 6.45) is 77.9. The van der Waals surface area contributed by atoms with Crippen molar-refractivity contribution in [2.45, 2.75) is 264 Å². The molecule has 0 saturated heterocycles. The molecule has 398 valence electrons. The molecular formula is C64H106O6. The molecule has 0 aromatic carbocycles. The first-order valence-corrected chi connectivity index (χ1v) is 28.9. The van der Waals surface area contributed by atoms with E-state index in [1.807, 2.05) is 0 Å². The number of carbonyl (C=O) groups excluding carboxylic acids is 3. The zero-order valence-corrected chi connectivity index (χ0v) is 45.5. The van der Waals surface area contributed by atoms with E-state index in [-0.39, 0.29) is 37.5 Å². The van der Waals surface area contributed by atoms with Gasteiger partial charge < -0.3 is 14.2 Å². The van der Waals surface area contributed by atoms with Crippen LogP contribution in [-0.2, 0) is 28.6 Å². The summed E-state index contributed by atoms with van der Waals surface area (Å²) in [6.45, 7) is 6.43. The van der Waals surface area contributed by atoms with Crippen LogP contribution in [-0.4, -0.2) is 37.2 Å². The lowest BCUT2D eigenvalue weighted by molar-refractivity contribution is -0.167. The highest BCUT2D eigenvalue weighted by atomic mass is 16.6. The lowest BCUT2D eigenvalue weighted by Crippen LogP contribution is -2.30. The molecule has 0 heterocycles. The third kappa shape index (κ3) is 55.0. The van der Waals surface area contributed by atoms with Crippen molar-refractivity contribution >= 4 is 17.9 Å². The number of carbonyl (C=O) groups is 3. The lowest BCUT2D eigenvalue weighted by atomic mass is 10.1. The van der Waals surface area contributed by atoms with E-state index in [0.29, 0.717) is 19.3 Å². The molecule has 1 atom stereocenters. The van der Waals surface area contributed by atoms with Crippen LogP contribution in [0.1, 0.15) is 258 Å². The van der Waals surface area contributed by atoms with Crippen LogP contribution in [0.2, 0.25) is 0 Å². The Morgan fingerprint density at radius 2 is 0.614 bits per heavy atom. The molecule has 0 bridgehead atoms. The van der Waals surface area contributed by atoms with Crippen LogP contribution >= 0.6 is 0 Å². The maximum absolute atomic E-state index is 12.8. The van der Waals surface area contributed by atoms with E-state index in [0.717, 1.165) is 109 Å². The molecule has 0 aliphatic carbocycles. The highest BCUT2D eigenvalue weighted by molar-refractivity contribution is 5.71. The molecule has 6 heteroatoms. The van der Waals surface area contributed by atoms with E-state index in [2.05, 4.69) is 130 Å². The Morgan fingerprint density at radius 3 is 1.03 bits per heavy atom. The van der Waals surface area contributed by atoms with Gasteiger partial charge in [0.15, 0.2) is 6.10 Å². The second-order valence-corrected chi connectivity index (χ2v) is 18.8. The largest absolute Gasteiger partial charge is 0.462 e. The summed E-state index contributed by atoms with van der Waals surface area (Å²) >= 11 is 0. The van der Waals surface area contributed by atoms with Crippen LogP contribution in [0.25, 0.3) is 0 Å². The van der Waals surface area contributed by atoms with Crippen LogP contribution < -0.4 is 0 Å². The van der Waals surface area contributed by atoms with Crippen molar-refractivity contribution in [1.82, 2.24) is 0 Å². The molecule has 0 N–H and O–H groups in total. The zero-order valence-electron chi connectivity index (χ0n) is 45.5. The van der Waals surface area contributed by atoms with Crippen molar-refractivity contribution in [1.29, 1.82) is 0 Å². The van der Waals surface area contributed by atoms with Gasteiger partial charge in [-0.25, -0.2) is 0 Å². The molecule has 0 spiro atoms. The van der Waals surface area contributed by atoms with Crippen LogP contribution in [0.5, 0.6) is 0 Å². The summed E-state index contributed by atoms with van der Waals surface area (Å²) in [5, 5.41) is 0. The first kappa shape index (κ1) is 66.1. The van der Waals surface area contributed by atoms with E-state index < -0.39 is 6.10 Å². The maximum atomic E-state index is 12.8. The Labute approximate surface area is 431 Å². The van der Waals surface area contributed by atoms with E-state index in [9.17, 15) is 14.4 Å². The van der Waals surface area contributed by atoms with Gasteiger partial charge in [0.05, 0.1) is 0 Å². The van der Waals surface area contributed by atoms with Gasteiger partial charge in [-0.1, -0.05) is 233 Å². The summed E-state index contributed by atoms with van der Waals surface area (Å²) in [7, 11) is 0. The Morgan fingerprint density at radius 1 is 0.314 bits per heavy atom. The Hall–Kier alpha value is -3.93. The molecule has 6 nitrogen and oxygen atoms in total. The fourth-order valence-electron chi connectivity index (χ4n) is 7.67. The number of allylic oxidation sites excluding steroid dienone is 18. The Balaban J connectivity index is 4.52. The van der Waals surface area contributed by atoms with Crippen molar-refractivity contribution in [2.24, 2.45) is 0 Å². The fourth-order valence-corrected chi connectivity index (χ4v) is 7.67. The van der Waals surface area contributed by atoms with Crippen molar-refractivity contribution in [2.75, 3.05) is 13.2 Å². The fraction of sp³-hybridized carbons (Fsp3) is 0.672. The highest BCUT2D eigenvalue weighted by Gasteiger charge is 2.19. The number of unbranched alkanes of at least 4 members (excludes halogenated alkanes) is 23. The number of ether oxygens (including phenoxy) is 3. The molecule has 0 saturated carbocycles. The van der Waals surface area contributed by atoms with Crippen molar-refractivity contribution in [3.63, 3.8) is 0 Å². The van der Waals surface area contributed by atoms with Gasteiger partial charge in [-0.15, -0.1) is 0 Å². The van der Waals surface area contributed by atoms with Crippen LogP contribution in [0, 0.1) is 0 Å². The van der Waals surface area contributed by atoms with Crippen LogP contribution in [0.4, 0.5) is 0 Å². The lowest BCUT2D eigenvalue weighted by Gasteiger charge is -2.18. The Kier molecular flexibility index (Phi) is 54.4. The number of esters is 3. The van der Waals surface area contributed by atoms with Gasteiger partial charge in [0, 0.05) is 19.3 Å². The monoisotopic (exact) mass is 971 g/mol. The van der Waals surface area contributed by atoms with Gasteiger partial charge in [0.2, 0.25) is 0 Å². The molecule has 0 radical (unpaired) electrons. The number of hydrogen-bond acceptors (Lipinski definition) is 6. The minimum absolute atomic E-state index is 0.111. The van der Waals surface area contributed by atoms with E-state index in [1.165, 1.54) is 103 Å². The van der Waals surface area contributed by atoms with Crippen LogP contribution in [0.15, 0.2) is 109 Å². The molecule has 0 aromatic rings. The van der Waals surface area contributed by atoms with Gasteiger partial charge in [-0.05, 0) is 116 Å². The van der Waals surface area contributed by atoms with Gasteiger partial charge in [0.25, 0.3) is 0 Å². The first-order chi connectivity index (χ1) is 34.5. The van der Waals surface area contributed by atoms with Crippen molar-refractivity contribution in [3.05, 3.63) is 109 Å². The molecule has 70 heavy (non-hydrogen) atoms. The summed E-state index contributed by atoms with van der Waals surface area (Å²) < 4.78 is 16.8. The quantitative estimate of drug-likeness (QED) is 0.0199. The van der Waals surface area contributed by atoms with E-state index >= 15 is 0 Å². The maximum Gasteiger partial charge on any atom is 0.306 e. The van der Waals surface area contributed by atoms with Crippen molar-refractivity contribution in [3.8, 4) is 0 Å². The summed E-state index contributed by atoms with van der Waals surface area (Å²) in [5.74, 6) is -0.992. The third-order valence-electron chi connectivity index (χ3n) is 12.0. The second-order valence-electron chi connectivity index (χ2n) is 18.8. The number of hydrogen-bond donors (Lipinski definition) is 0. The predicted molar refractivity (Wildman–Crippen MR) is 302 cm³/mol.